The lowest BCUT2D eigenvalue weighted by Gasteiger charge is -2.21. The van der Waals surface area contributed by atoms with Gasteiger partial charge < -0.3 is 20.4 Å². The summed E-state index contributed by atoms with van der Waals surface area (Å²) in [6.07, 6.45) is -2.85. The van der Waals surface area contributed by atoms with Gasteiger partial charge in [0.2, 0.25) is 0 Å². The van der Waals surface area contributed by atoms with Gasteiger partial charge in [-0.15, -0.1) is 0 Å². The molecule has 1 fully saturated rings. The quantitative estimate of drug-likeness (QED) is 0.355. The number of halogens is 1. The second-order valence-electron chi connectivity index (χ2n) is 4.45. The van der Waals surface area contributed by atoms with Gasteiger partial charge in [0, 0.05) is 12.1 Å². The first-order valence-corrected chi connectivity index (χ1v) is 6.62. The van der Waals surface area contributed by atoms with Crippen LogP contribution >= 0.6 is 22.6 Å². The molecule has 0 aromatic carbocycles. The Hall–Kier alpha value is -0.750. The van der Waals surface area contributed by atoms with Gasteiger partial charge in [0.1, 0.15) is 6.10 Å². The lowest BCUT2D eigenvalue weighted by atomic mass is 10.0. The Labute approximate surface area is 120 Å². The van der Waals surface area contributed by atoms with E-state index in [0.717, 1.165) is 4.57 Å². The number of rotatable bonds is 2. The van der Waals surface area contributed by atoms with E-state index in [1.807, 2.05) is 0 Å². The first-order chi connectivity index (χ1) is 8.88. The molecule has 1 saturated carbocycles. The molecule has 0 saturated heterocycles. The Morgan fingerprint density at radius 3 is 2.37 bits per heavy atom. The van der Waals surface area contributed by atoms with Crippen molar-refractivity contribution in [2.45, 2.75) is 24.4 Å². The summed E-state index contributed by atoms with van der Waals surface area (Å²) < 4.78 is 1.18. The van der Waals surface area contributed by atoms with Gasteiger partial charge >= 0.3 is 5.69 Å². The van der Waals surface area contributed by atoms with Gasteiger partial charge in [0.25, 0.3) is 5.56 Å². The maximum atomic E-state index is 11.7. The van der Waals surface area contributed by atoms with Crippen molar-refractivity contribution >= 4 is 22.6 Å². The fourth-order valence-corrected chi connectivity index (χ4v) is 2.77. The van der Waals surface area contributed by atoms with Crippen LogP contribution in [0.15, 0.2) is 15.8 Å². The highest BCUT2D eigenvalue weighted by Gasteiger charge is 2.49. The molecule has 1 aromatic rings. The summed E-state index contributed by atoms with van der Waals surface area (Å²) in [5, 5.41) is 38.7. The molecule has 1 aromatic heterocycles. The molecular formula is C10H13IN2O6. The predicted molar refractivity (Wildman–Crippen MR) is 71.7 cm³/mol. The average Bonchev–Trinajstić information content (AvgIpc) is 2.56. The molecule has 9 heteroatoms. The molecule has 0 spiro atoms. The van der Waals surface area contributed by atoms with Gasteiger partial charge in [-0.05, 0) is 22.6 Å². The Kier molecular flexibility index (Phi) is 4.11. The maximum Gasteiger partial charge on any atom is 0.328 e. The molecule has 5 atom stereocenters. The van der Waals surface area contributed by atoms with E-state index in [0.29, 0.717) is 0 Å². The molecule has 5 unspecified atom stereocenters. The summed E-state index contributed by atoms with van der Waals surface area (Å²) >= 11 is 1.71. The normalized spacial score (nSPS) is 34.7. The third kappa shape index (κ3) is 2.36. The van der Waals surface area contributed by atoms with Crippen molar-refractivity contribution in [2.75, 3.05) is 6.61 Å². The molecule has 19 heavy (non-hydrogen) atoms. The second kappa shape index (κ2) is 5.32. The third-order valence-corrected chi connectivity index (χ3v) is 4.15. The van der Waals surface area contributed by atoms with E-state index in [9.17, 15) is 24.9 Å². The number of H-pyrrole nitrogens is 1. The lowest BCUT2D eigenvalue weighted by molar-refractivity contribution is -0.00810. The average molecular weight is 384 g/mol. The van der Waals surface area contributed by atoms with E-state index < -0.39 is 48.1 Å². The van der Waals surface area contributed by atoms with Crippen LogP contribution in [0, 0.1) is 9.49 Å². The van der Waals surface area contributed by atoms with E-state index in [4.69, 9.17) is 5.11 Å². The molecule has 5 N–H and O–H groups in total. The number of aromatic nitrogens is 2. The van der Waals surface area contributed by atoms with Gasteiger partial charge in [0.15, 0.2) is 0 Å². The molecule has 0 aliphatic heterocycles. The molecule has 0 amide bonds. The highest BCUT2D eigenvalue weighted by molar-refractivity contribution is 14.1. The van der Waals surface area contributed by atoms with Crippen molar-refractivity contribution in [3.63, 3.8) is 0 Å². The van der Waals surface area contributed by atoms with Gasteiger partial charge in [-0.3, -0.25) is 14.3 Å². The SMILES string of the molecule is O=c1[nH]c(=O)n(C2C(O)C(O)C(CO)C2O)cc1I. The summed E-state index contributed by atoms with van der Waals surface area (Å²) in [5.74, 6) is -0.948. The number of nitrogens with one attached hydrogen (secondary N) is 1. The van der Waals surface area contributed by atoms with Gasteiger partial charge in [0.05, 0.1) is 28.4 Å². The zero-order chi connectivity index (χ0) is 14.3. The molecule has 2 rings (SSSR count). The van der Waals surface area contributed by atoms with E-state index in [-0.39, 0.29) is 3.57 Å². The van der Waals surface area contributed by atoms with Crippen LogP contribution in [-0.2, 0) is 0 Å². The van der Waals surface area contributed by atoms with E-state index in [1.54, 1.807) is 22.6 Å². The molecule has 1 heterocycles. The van der Waals surface area contributed by atoms with Crippen molar-refractivity contribution in [1.82, 2.24) is 9.55 Å². The second-order valence-corrected chi connectivity index (χ2v) is 5.61. The Bertz CT molecular complexity index is 584. The first-order valence-electron chi connectivity index (χ1n) is 5.54. The zero-order valence-corrected chi connectivity index (χ0v) is 11.8. The number of nitrogens with zero attached hydrogens (tertiary/aromatic N) is 1. The van der Waals surface area contributed by atoms with Crippen molar-refractivity contribution in [2.24, 2.45) is 5.92 Å². The summed E-state index contributed by atoms with van der Waals surface area (Å²) in [6, 6.07) is -1.12. The first kappa shape index (κ1) is 14.7. The van der Waals surface area contributed by atoms with E-state index in [1.165, 1.54) is 6.20 Å². The van der Waals surface area contributed by atoms with Crippen LogP contribution < -0.4 is 11.2 Å². The van der Waals surface area contributed by atoms with Crippen LogP contribution in [0.3, 0.4) is 0 Å². The molecule has 0 bridgehead atoms. The van der Waals surface area contributed by atoms with Crippen molar-refractivity contribution in [1.29, 1.82) is 0 Å². The van der Waals surface area contributed by atoms with Crippen molar-refractivity contribution < 1.29 is 20.4 Å². The fourth-order valence-electron chi connectivity index (χ4n) is 2.34. The Morgan fingerprint density at radius 2 is 1.84 bits per heavy atom. The summed E-state index contributed by atoms with van der Waals surface area (Å²) in [6.45, 7) is -0.523. The molecule has 0 radical (unpaired) electrons. The Morgan fingerprint density at radius 1 is 1.21 bits per heavy atom. The monoisotopic (exact) mass is 384 g/mol. The fraction of sp³-hybridized carbons (Fsp3) is 0.600. The molecule has 8 nitrogen and oxygen atoms in total. The van der Waals surface area contributed by atoms with Crippen LogP contribution in [0.2, 0.25) is 0 Å². The number of hydrogen-bond donors (Lipinski definition) is 5. The maximum absolute atomic E-state index is 11.7. The van der Waals surface area contributed by atoms with Crippen LogP contribution in [-0.4, -0.2) is 54.9 Å². The number of aliphatic hydroxyl groups is 4. The lowest BCUT2D eigenvalue weighted by Crippen LogP contribution is -2.40. The highest BCUT2D eigenvalue weighted by atomic mass is 127. The minimum Gasteiger partial charge on any atom is -0.396 e. The van der Waals surface area contributed by atoms with Gasteiger partial charge in [-0.1, -0.05) is 0 Å². The standard InChI is InChI=1S/C10H13IN2O6/c11-4-1-13(10(19)12-9(4)18)5-6(15)3(2-14)7(16)8(5)17/h1,3,5-8,14-17H,2H2,(H,12,18,19). The summed E-state index contributed by atoms with van der Waals surface area (Å²) in [7, 11) is 0. The zero-order valence-electron chi connectivity index (χ0n) is 9.60. The van der Waals surface area contributed by atoms with Gasteiger partial charge in [-0.25, -0.2) is 4.79 Å². The largest absolute Gasteiger partial charge is 0.396 e. The van der Waals surface area contributed by atoms with E-state index in [2.05, 4.69) is 4.98 Å². The van der Waals surface area contributed by atoms with Crippen LogP contribution in [0.1, 0.15) is 6.04 Å². The van der Waals surface area contributed by atoms with E-state index >= 15 is 0 Å². The summed E-state index contributed by atoms with van der Waals surface area (Å²) in [5.41, 5.74) is -1.36. The minimum absolute atomic E-state index is 0.207. The molecule has 1 aliphatic carbocycles. The van der Waals surface area contributed by atoms with Crippen molar-refractivity contribution in [3.8, 4) is 0 Å². The summed E-state index contributed by atoms with van der Waals surface area (Å²) in [4.78, 5) is 25.0. The predicted octanol–water partition coefficient (Wildman–Crippen LogP) is -2.61. The van der Waals surface area contributed by atoms with Crippen molar-refractivity contribution in [3.05, 3.63) is 30.6 Å². The Balaban J connectivity index is 2.50. The molecule has 106 valence electrons. The topological polar surface area (TPSA) is 136 Å². The number of aliphatic hydroxyl groups excluding tert-OH is 4. The number of hydrogen-bond acceptors (Lipinski definition) is 6. The minimum atomic E-state index is -1.41. The number of aromatic amines is 1. The molecule has 1 aliphatic rings. The third-order valence-electron chi connectivity index (χ3n) is 3.38. The smallest absolute Gasteiger partial charge is 0.328 e. The van der Waals surface area contributed by atoms with Crippen LogP contribution in [0.4, 0.5) is 0 Å². The molecular weight excluding hydrogens is 371 g/mol. The highest BCUT2D eigenvalue weighted by Crippen LogP contribution is 2.34. The van der Waals surface area contributed by atoms with Crippen LogP contribution in [0.5, 0.6) is 0 Å². The van der Waals surface area contributed by atoms with Gasteiger partial charge in [-0.2, -0.15) is 0 Å². The van der Waals surface area contributed by atoms with Crippen LogP contribution in [0.25, 0.3) is 0 Å².